The summed E-state index contributed by atoms with van der Waals surface area (Å²) >= 11 is 0. The van der Waals surface area contributed by atoms with Gasteiger partial charge in [0, 0.05) is 6.54 Å². The van der Waals surface area contributed by atoms with Crippen LogP contribution in [0.1, 0.15) is 17.3 Å². The van der Waals surface area contributed by atoms with Gasteiger partial charge in [-0.05, 0) is 43.3 Å². The topological polar surface area (TPSA) is 105 Å². The molecule has 35 heavy (non-hydrogen) atoms. The Morgan fingerprint density at radius 3 is 2.34 bits per heavy atom. The number of nitrogens with zero attached hydrogens (tertiary/aromatic N) is 1. The molecule has 0 radical (unpaired) electrons. The van der Waals surface area contributed by atoms with E-state index in [4.69, 9.17) is 4.74 Å². The number of para-hydroxylation sites is 3. The Hall–Kier alpha value is -4.11. The van der Waals surface area contributed by atoms with Crippen LogP contribution in [0.2, 0.25) is 0 Å². The highest BCUT2D eigenvalue weighted by Crippen LogP contribution is 2.32. The van der Waals surface area contributed by atoms with Crippen molar-refractivity contribution in [3.63, 3.8) is 0 Å². The smallest absolute Gasteiger partial charge is 0.264 e. The summed E-state index contributed by atoms with van der Waals surface area (Å²) in [5, 5.41) is 5.34. The van der Waals surface area contributed by atoms with Crippen molar-refractivity contribution in [2.75, 3.05) is 29.3 Å². The predicted octanol–water partition coefficient (Wildman–Crippen LogP) is 3.84. The van der Waals surface area contributed by atoms with Crippen LogP contribution in [0.4, 0.5) is 11.4 Å². The molecule has 8 nitrogen and oxygen atoms in total. The lowest BCUT2D eigenvalue weighted by Crippen LogP contribution is -2.38. The van der Waals surface area contributed by atoms with Crippen LogP contribution in [-0.2, 0) is 14.8 Å². The molecule has 0 fully saturated rings. The summed E-state index contributed by atoms with van der Waals surface area (Å²) in [7, 11) is -4.12. The summed E-state index contributed by atoms with van der Waals surface area (Å²) in [6, 6.07) is 20.9. The highest BCUT2D eigenvalue weighted by atomic mass is 32.2. The number of hydrogen-bond donors (Lipinski definition) is 2. The molecule has 0 atom stereocenters. The molecule has 2 amide bonds. The number of rotatable bonds is 11. The fourth-order valence-electron chi connectivity index (χ4n) is 3.33. The van der Waals surface area contributed by atoms with Gasteiger partial charge in [-0.3, -0.25) is 13.9 Å². The first kappa shape index (κ1) is 25.5. The van der Waals surface area contributed by atoms with E-state index in [0.29, 0.717) is 12.4 Å². The van der Waals surface area contributed by atoms with Crippen LogP contribution in [0.5, 0.6) is 5.75 Å². The molecule has 2 N–H and O–H groups in total. The molecule has 0 aliphatic carbocycles. The van der Waals surface area contributed by atoms with E-state index in [1.165, 1.54) is 12.1 Å². The predicted molar refractivity (Wildman–Crippen MR) is 136 cm³/mol. The molecule has 0 aliphatic rings. The lowest BCUT2D eigenvalue weighted by atomic mass is 10.1. The van der Waals surface area contributed by atoms with E-state index in [0.717, 1.165) is 4.31 Å². The monoisotopic (exact) mass is 493 g/mol. The van der Waals surface area contributed by atoms with Gasteiger partial charge in [-0.2, -0.15) is 0 Å². The number of amides is 2. The van der Waals surface area contributed by atoms with Crippen molar-refractivity contribution in [2.45, 2.75) is 11.8 Å². The third kappa shape index (κ3) is 6.27. The number of carbonyl (C=O) groups excluding carboxylic acids is 2. The highest BCUT2D eigenvalue weighted by Gasteiger charge is 2.29. The Morgan fingerprint density at radius 1 is 0.971 bits per heavy atom. The molecule has 0 bridgehead atoms. The third-order valence-corrected chi connectivity index (χ3v) is 6.68. The molecule has 182 valence electrons. The number of sulfonamides is 1. The van der Waals surface area contributed by atoms with Gasteiger partial charge in [0.2, 0.25) is 5.91 Å². The second kappa shape index (κ2) is 11.8. The Bertz CT molecular complexity index is 1290. The van der Waals surface area contributed by atoms with Crippen LogP contribution in [0, 0.1) is 0 Å². The minimum Gasteiger partial charge on any atom is -0.492 e. The standard InChI is InChI=1S/C26H27N3O5S/c1-3-18-27-26(31)21-14-8-9-15-22(21)28-25(30)19-29(23-16-10-11-17-24(23)34-4-2)35(32,33)20-12-6-5-7-13-20/h3,5-17H,1,4,18-19H2,2H3,(H,27,31)(H,28,30). The maximum Gasteiger partial charge on any atom is 0.264 e. The molecule has 9 heteroatoms. The second-order valence-electron chi connectivity index (χ2n) is 7.32. The largest absolute Gasteiger partial charge is 0.492 e. The number of nitrogens with one attached hydrogen (secondary N) is 2. The van der Waals surface area contributed by atoms with Crippen molar-refractivity contribution in [2.24, 2.45) is 0 Å². The molecule has 0 saturated carbocycles. The maximum atomic E-state index is 13.6. The summed E-state index contributed by atoms with van der Waals surface area (Å²) in [5.41, 5.74) is 0.731. The zero-order chi connectivity index (χ0) is 25.3. The fraction of sp³-hybridized carbons (Fsp3) is 0.154. The Morgan fingerprint density at radius 2 is 1.63 bits per heavy atom. The van der Waals surface area contributed by atoms with Gasteiger partial charge in [0.1, 0.15) is 12.3 Å². The van der Waals surface area contributed by atoms with Crippen LogP contribution in [0.25, 0.3) is 0 Å². The van der Waals surface area contributed by atoms with Crippen molar-refractivity contribution < 1.29 is 22.7 Å². The van der Waals surface area contributed by atoms with Gasteiger partial charge in [-0.15, -0.1) is 6.58 Å². The number of hydrogen-bond acceptors (Lipinski definition) is 5. The molecule has 0 saturated heterocycles. The van der Waals surface area contributed by atoms with Crippen molar-refractivity contribution in [3.05, 3.63) is 97.1 Å². The molecule has 0 aliphatic heterocycles. The first-order valence-corrected chi connectivity index (χ1v) is 12.4. The first-order chi connectivity index (χ1) is 16.9. The molecular formula is C26H27N3O5S. The van der Waals surface area contributed by atoms with Crippen LogP contribution in [0.3, 0.4) is 0 Å². The van der Waals surface area contributed by atoms with E-state index in [9.17, 15) is 18.0 Å². The summed E-state index contributed by atoms with van der Waals surface area (Å²) in [6.07, 6.45) is 1.54. The van der Waals surface area contributed by atoms with E-state index in [2.05, 4.69) is 17.2 Å². The van der Waals surface area contributed by atoms with Gasteiger partial charge in [0.25, 0.3) is 15.9 Å². The summed E-state index contributed by atoms with van der Waals surface area (Å²) in [5.74, 6) is -0.692. The van der Waals surface area contributed by atoms with Crippen LogP contribution >= 0.6 is 0 Å². The van der Waals surface area contributed by atoms with E-state index >= 15 is 0 Å². The van der Waals surface area contributed by atoms with E-state index in [-0.39, 0.29) is 28.4 Å². The van der Waals surface area contributed by atoms with Crippen molar-refractivity contribution in [1.82, 2.24) is 5.32 Å². The summed E-state index contributed by atoms with van der Waals surface area (Å²) in [4.78, 5) is 25.6. The fourth-order valence-corrected chi connectivity index (χ4v) is 4.78. The molecule has 3 aromatic rings. The van der Waals surface area contributed by atoms with Gasteiger partial charge >= 0.3 is 0 Å². The first-order valence-electron chi connectivity index (χ1n) is 11.0. The van der Waals surface area contributed by atoms with Crippen molar-refractivity contribution in [1.29, 1.82) is 0 Å². The summed E-state index contributed by atoms with van der Waals surface area (Å²) in [6.45, 7) is 5.39. The maximum absolute atomic E-state index is 13.6. The Kier molecular flexibility index (Phi) is 8.63. The second-order valence-corrected chi connectivity index (χ2v) is 9.18. The van der Waals surface area contributed by atoms with Crippen LogP contribution in [-0.4, -0.2) is 39.9 Å². The van der Waals surface area contributed by atoms with Crippen LogP contribution in [0.15, 0.2) is 96.4 Å². The van der Waals surface area contributed by atoms with E-state index in [1.807, 2.05) is 0 Å². The number of ether oxygens (including phenoxy) is 1. The average Bonchev–Trinajstić information content (AvgIpc) is 2.87. The Labute approximate surface area is 205 Å². The van der Waals surface area contributed by atoms with Crippen molar-refractivity contribution in [3.8, 4) is 5.75 Å². The highest BCUT2D eigenvalue weighted by molar-refractivity contribution is 7.92. The van der Waals surface area contributed by atoms with E-state index in [1.54, 1.807) is 79.7 Å². The number of benzene rings is 3. The lowest BCUT2D eigenvalue weighted by molar-refractivity contribution is -0.114. The van der Waals surface area contributed by atoms with Crippen molar-refractivity contribution >= 4 is 33.2 Å². The SMILES string of the molecule is C=CCNC(=O)c1ccccc1NC(=O)CN(c1ccccc1OCC)S(=O)(=O)c1ccccc1. The zero-order valence-electron chi connectivity index (χ0n) is 19.3. The van der Waals surface area contributed by atoms with Gasteiger partial charge < -0.3 is 15.4 Å². The third-order valence-electron chi connectivity index (χ3n) is 4.90. The lowest BCUT2D eigenvalue weighted by Gasteiger charge is -2.26. The van der Waals surface area contributed by atoms with Gasteiger partial charge in [0.15, 0.2) is 0 Å². The molecule has 3 aromatic carbocycles. The van der Waals surface area contributed by atoms with Gasteiger partial charge in [-0.25, -0.2) is 8.42 Å². The molecule has 0 aromatic heterocycles. The molecule has 0 spiro atoms. The molecule has 0 heterocycles. The van der Waals surface area contributed by atoms with Gasteiger partial charge in [0.05, 0.1) is 28.4 Å². The minimum absolute atomic E-state index is 0.0308. The molecular weight excluding hydrogens is 466 g/mol. The van der Waals surface area contributed by atoms with Crippen LogP contribution < -0.4 is 19.7 Å². The average molecular weight is 494 g/mol. The van der Waals surface area contributed by atoms with Gasteiger partial charge in [-0.1, -0.05) is 48.5 Å². The quantitative estimate of drug-likeness (QED) is 0.395. The van der Waals surface area contributed by atoms with E-state index < -0.39 is 28.4 Å². The molecule has 3 rings (SSSR count). The number of anilines is 2. The molecule has 0 unspecified atom stereocenters. The summed E-state index contributed by atoms with van der Waals surface area (Å²) < 4.78 is 33.8. The Balaban J connectivity index is 1.96. The zero-order valence-corrected chi connectivity index (χ0v) is 20.1. The minimum atomic E-state index is -4.12. The number of carbonyl (C=O) groups is 2. The normalized spacial score (nSPS) is 10.8.